The van der Waals surface area contributed by atoms with Crippen LogP contribution >= 0.6 is 7.28 Å². The average molecular weight is 743 g/mol. The van der Waals surface area contributed by atoms with Crippen LogP contribution in [-0.2, 0) is 4.79 Å². The molecule has 0 radical (unpaired) electrons. The summed E-state index contributed by atoms with van der Waals surface area (Å²) in [4.78, 5) is 46.2. The number of Topliss-reactive ketones (excluding diaryl/α,β-unsaturated/α-hetero) is 1. The number of hydrogen-bond donors (Lipinski definition) is 4. The monoisotopic (exact) mass is 743 g/mol. The van der Waals surface area contributed by atoms with Gasteiger partial charge in [0.2, 0.25) is 0 Å². The zero-order chi connectivity index (χ0) is 37.8. The molecule has 0 amide bonds. The van der Waals surface area contributed by atoms with E-state index in [-0.39, 0.29) is 11.9 Å². The molecule has 0 aliphatic carbocycles. The van der Waals surface area contributed by atoms with Crippen LogP contribution in [-0.4, -0.2) is 44.0 Å². The molecule has 0 aromatic rings. The van der Waals surface area contributed by atoms with Crippen LogP contribution < -0.4 is 0 Å². The van der Waals surface area contributed by atoms with Crippen LogP contribution in [0.2, 0.25) is 0 Å². The molecule has 0 fully saturated rings. The summed E-state index contributed by atoms with van der Waals surface area (Å²) in [6.45, 7) is 6.74. The Labute approximate surface area is 318 Å². The molecule has 5 nitrogen and oxygen atoms in total. The number of ketones is 1. The number of aliphatic hydroxyl groups is 1. The van der Waals surface area contributed by atoms with Gasteiger partial charge in [0, 0.05) is 0 Å². The molecule has 2 unspecified atom stereocenters. The van der Waals surface area contributed by atoms with Crippen molar-refractivity contribution in [3.05, 3.63) is 12.2 Å². The molecule has 0 aliphatic rings. The quantitative estimate of drug-likeness (QED) is 0.0284. The summed E-state index contributed by atoms with van der Waals surface area (Å²) in [5.41, 5.74) is 0. The summed E-state index contributed by atoms with van der Waals surface area (Å²) >= 11 is 0. The summed E-state index contributed by atoms with van der Waals surface area (Å²) < 4.78 is 0. The number of unbranched alkanes of at least 4 members (excludes halogenated alkanes) is 29. The van der Waals surface area contributed by atoms with Gasteiger partial charge in [-0.25, -0.2) is 0 Å². The zero-order valence-corrected chi connectivity index (χ0v) is 35.5. The fourth-order valence-corrected chi connectivity index (χ4v) is 9.57. The molecule has 2 atom stereocenters. The summed E-state index contributed by atoms with van der Waals surface area (Å²) in [7, 11) is -5.01. The number of aliphatic hydroxyl groups excluding tert-OH is 1. The summed E-state index contributed by atoms with van der Waals surface area (Å²) in [5.74, 6) is -0.599. The Balaban J connectivity index is 4.62. The van der Waals surface area contributed by atoms with Crippen LogP contribution in [0.1, 0.15) is 245 Å². The molecule has 0 aromatic heterocycles. The second-order valence-electron chi connectivity index (χ2n) is 16.4. The third kappa shape index (κ3) is 35.2. The van der Waals surface area contributed by atoms with Crippen molar-refractivity contribution in [3.63, 3.8) is 0 Å². The first-order chi connectivity index (χ1) is 24.6. The van der Waals surface area contributed by atoms with Crippen LogP contribution in [0.3, 0.4) is 0 Å². The topological polar surface area (TPSA) is 98.0 Å². The Morgan fingerprint density at radius 2 is 0.804 bits per heavy atom. The molecule has 0 saturated heterocycles. The van der Waals surface area contributed by atoms with Gasteiger partial charge in [-0.1, -0.05) is 64.9 Å². The van der Waals surface area contributed by atoms with Gasteiger partial charge in [0.15, 0.2) is 0 Å². The van der Waals surface area contributed by atoms with Gasteiger partial charge < -0.3 is 0 Å². The van der Waals surface area contributed by atoms with Crippen LogP contribution in [0.25, 0.3) is 0 Å². The van der Waals surface area contributed by atoms with Crippen molar-refractivity contribution in [3.8, 4) is 0 Å². The van der Waals surface area contributed by atoms with Crippen LogP contribution in [0.4, 0.5) is 0 Å². The van der Waals surface area contributed by atoms with Crippen molar-refractivity contribution in [2.45, 2.75) is 252 Å². The first-order valence-corrected chi connectivity index (χ1v) is 25.2. The van der Waals surface area contributed by atoms with E-state index in [1.54, 1.807) is 0 Å². The van der Waals surface area contributed by atoms with Crippen LogP contribution in [0.5, 0.6) is 0 Å². The van der Waals surface area contributed by atoms with Gasteiger partial charge in [-0.3, -0.25) is 0 Å². The molecule has 0 heterocycles. The predicted molar refractivity (Wildman–Crippen MR) is 226 cm³/mol. The summed E-state index contributed by atoms with van der Waals surface area (Å²) in [6, 6.07) is 0. The molecular weight excluding hydrogens is 651 g/mol. The maximum atomic E-state index is 13.4. The Bertz CT molecular complexity index is 776. The SMILES string of the molecule is CCCCCCCCC=CCCCCCCCC(=O)C(CCCCCCCCCCCC)C(O)CP(O)(O)(O)CCCCCCCCCCCC. The predicted octanol–water partition coefficient (Wildman–Crippen LogP) is 14.1. The van der Waals surface area contributed by atoms with Crippen molar-refractivity contribution >= 4 is 13.1 Å². The van der Waals surface area contributed by atoms with Gasteiger partial charge in [0.05, 0.1) is 0 Å². The first-order valence-electron chi connectivity index (χ1n) is 22.8. The Morgan fingerprint density at radius 1 is 0.471 bits per heavy atom. The van der Waals surface area contributed by atoms with Crippen molar-refractivity contribution in [2.75, 3.05) is 12.3 Å². The van der Waals surface area contributed by atoms with Gasteiger partial charge in [-0.2, -0.15) is 0 Å². The first kappa shape index (κ1) is 50.7. The second kappa shape index (κ2) is 35.4. The minimum absolute atomic E-state index is 0.0296. The molecule has 4 N–H and O–H groups in total. The number of allylic oxidation sites excluding steroid dienone is 2. The molecule has 51 heavy (non-hydrogen) atoms. The minimum atomic E-state index is -5.01. The molecule has 6 heteroatoms. The van der Waals surface area contributed by atoms with E-state index in [1.165, 1.54) is 141 Å². The van der Waals surface area contributed by atoms with E-state index in [0.29, 0.717) is 19.3 Å². The third-order valence-electron chi connectivity index (χ3n) is 11.0. The second-order valence-corrected chi connectivity index (χ2v) is 19.9. The normalized spacial score (nSPS) is 14.2. The molecule has 0 rings (SSSR count). The van der Waals surface area contributed by atoms with Gasteiger partial charge in [-0.15, -0.1) is 0 Å². The molecule has 0 aromatic carbocycles. The summed E-state index contributed by atoms with van der Waals surface area (Å²) in [5, 5.41) is 11.2. The van der Waals surface area contributed by atoms with Crippen LogP contribution in [0, 0.1) is 5.92 Å². The van der Waals surface area contributed by atoms with Crippen molar-refractivity contribution < 1.29 is 24.6 Å². The Hall–Kier alpha value is -0.320. The fourth-order valence-electron chi connectivity index (χ4n) is 7.50. The van der Waals surface area contributed by atoms with Gasteiger partial charge in [0.1, 0.15) is 0 Å². The number of hydrogen-bond acceptors (Lipinski definition) is 5. The Kier molecular flexibility index (Phi) is 35.2. The number of rotatable bonds is 41. The van der Waals surface area contributed by atoms with Gasteiger partial charge in [-0.05, 0) is 12.8 Å². The average Bonchev–Trinajstić information content (AvgIpc) is 3.09. The standard InChI is InChI=1S/C45H91O5P/c1-4-7-10-13-16-19-22-23-24-25-26-28-31-34-37-40-44(46)43(39-36-33-30-27-20-17-14-11-8-5-2)45(47)42-51(48,49,50)41-38-35-32-29-21-18-15-12-9-6-3/h23-24,43,45,47-50H,4-22,25-42H2,1-3H3. The van der Waals surface area contributed by atoms with E-state index >= 15 is 0 Å². The molecular formula is C45H91O5P. The number of carbonyl (C=O) groups is 1. The molecule has 306 valence electrons. The molecule has 0 aliphatic heterocycles. The molecule has 0 spiro atoms. The van der Waals surface area contributed by atoms with Crippen molar-refractivity contribution in [1.82, 2.24) is 0 Å². The van der Waals surface area contributed by atoms with E-state index in [1.807, 2.05) is 0 Å². The Morgan fingerprint density at radius 3 is 1.22 bits per heavy atom. The zero-order valence-electron chi connectivity index (χ0n) is 34.6. The molecule has 0 saturated carbocycles. The fraction of sp³-hybridized carbons (Fsp3) is 0.933. The van der Waals surface area contributed by atoms with E-state index in [0.717, 1.165) is 64.2 Å². The van der Waals surface area contributed by atoms with Gasteiger partial charge in [0.25, 0.3) is 0 Å². The van der Waals surface area contributed by atoms with E-state index in [2.05, 4.69) is 32.9 Å². The van der Waals surface area contributed by atoms with E-state index in [9.17, 15) is 24.6 Å². The third-order valence-corrected chi connectivity index (χ3v) is 13.3. The van der Waals surface area contributed by atoms with Crippen molar-refractivity contribution in [2.24, 2.45) is 5.92 Å². The summed E-state index contributed by atoms with van der Waals surface area (Å²) in [6.07, 6.45) is 42.9. The van der Waals surface area contributed by atoms with E-state index in [4.69, 9.17) is 0 Å². The number of carbonyl (C=O) groups excluding carboxylic acids is 1. The maximum absolute atomic E-state index is 13.4. The van der Waals surface area contributed by atoms with E-state index < -0.39 is 25.5 Å². The molecule has 0 bridgehead atoms. The van der Waals surface area contributed by atoms with Gasteiger partial charge >= 0.3 is 242 Å². The van der Waals surface area contributed by atoms with Crippen molar-refractivity contribution in [1.29, 1.82) is 0 Å². The van der Waals surface area contributed by atoms with Crippen LogP contribution in [0.15, 0.2) is 12.2 Å².